The molecule has 2 N–H and O–H groups in total. The largest absolute Gasteiger partial charge is 0.497 e. The van der Waals surface area contributed by atoms with Gasteiger partial charge in [-0.25, -0.2) is 4.98 Å². The van der Waals surface area contributed by atoms with Gasteiger partial charge in [0.25, 0.3) is 5.91 Å². The number of thiazole rings is 1. The first-order chi connectivity index (χ1) is 17.6. The highest BCUT2D eigenvalue weighted by Gasteiger charge is 2.43. The second-order valence-corrected chi connectivity index (χ2v) is 12.1. The van der Waals surface area contributed by atoms with E-state index in [1.54, 1.807) is 20.3 Å². The van der Waals surface area contributed by atoms with Gasteiger partial charge >= 0.3 is 0 Å². The number of aromatic nitrogens is 1. The summed E-state index contributed by atoms with van der Waals surface area (Å²) in [5, 5.41) is 6.89. The summed E-state index contributed by atoms with van der Waals surface area (Å²) in [6, 6.07) is 11.3. The molecule has 37 heavy (non-hydrogen) atoms. The number of anilines is 1. The molecule has 0 saturated heterocycles. The van der Waals surface area contributed by atoms with Crippen LogP contribution in [0.2, 0.25) is 0 Å². The molecule has 2 aromatic carbocycles. The van der Waals surface area contributed by atoms with Gasteiger partial charge in [-0.15, -0.1) is 0 Å². The third kappa shape index (κ3) is 4.78. The van der Waals surface area contributed by atoms with Crippen LogP contribution in [0.4, 0.5) is 5.13 Å². The number of nitrogens with one attached hydrogen (secondary N) is 2. The number of ether oxygens (including phenoxy) is 2. The third-order valence-corrected chi connectivity index (χ3v) is 8.23. The molecule has 1 aliphatic heterocycles. The summed E-state index contributed by atoms with van der Waals surface area (Å²) in [7, 11) is 3.18. The van der Waals surface area contributed by atoms with Crippen molar-refractivity contribution in [2.75, 3.05) is 19.5 Å². The van der Waals surface area contributed by atoms with Crippen molar-refractivity contribution in [2.24, 2.45) is 5.41 Å². The Morgan fingerprint density at radius 2 is 1.95 bits per heavy atom. The van der Waals surface area contributed by atoms with E-state index in [9.17, 15) is 9.59 Å². The maximum Gasteiger partial charge on any atom is 0.256 e. The Kier molecular flexibility index (Phi) is 6.62. The number of carbonyl (C=O) groups excluding carboxylic acids is 2. The number of benzene rings is 2. The van der Waals surface area contributed by atoms with Crippen molar-refractivity contribution in [3.8, 4) is 11.5 Å². The van der Waals surface area contributed by atoms with Gasteiger partial charge in [0.15, 0.2) is 10.9 Å². The SMILES string of the molecule is COc1ccc(OC)c([C@@H]2C(C(=O)Nc3nc4ccc(Br)cc4s3)=C(C)NC3=C2C(=O)CC(C)(C)C3)c1. The van der Waals surface area contributed by atoms with E-state index in [-0.39, 0.29) is 17.1 Å². The Balaban J connectivity index is 1.63. The lowest BCUT2D eigenvalue weighted by molar-refractivity contribution is -0.118. The molecule has 3 aromatic rings. The highest BCUT2D eigenvalue weighted by Crippen LogP contribution is 2.49. The molecule has 1 atom stereocenters. The van der Waals surface area contributed by atoms with Crippen LogP contribution in [0, 0.1) is 5.41 Å². The topological polar surface area (TPSA) is 89.6 Å². The van der Waals surface area contributed by atoms with Crippen LogP contribution in [0.15, 0.2) is 63.4 Å². The van der Waals surface area contributed by atoms with Gasteiger partial charge in [-0.05, 0) is 55.2 Å². The molecule has 0 radical (unpaired) electrons. The number of Topliss-reactive ketones (excluding diaryl/α,β-unsaturated/α-hetero) is 1. The fraction of sp³-hybridized carbons (Fsp3) is 0.321. The number of hydrogen-bond acceptors (Lipinski definition) is 7. The Morgan fingerprint density at radius 3 is 2.68 bits per heavy atom. The summed E-state index contributed by atoms with van der Waals surface area (Å²) in [5.74, 6) is 0.293. The molecule has 5 rings (SSSR count). The van der Waals surface area contributed by atoms with Gasteiger partial charge in [0, 0.05) is 39.0 Å². The standard InChI is InChI=1S/C28H28BrN3O4S/c1-14-23(26(34)32-27-31-18-8-6-15(29)10-22(18)37-27)24(17-11-16(35-4)7-9-21(17)36-5)25-19(30-14)12-28(2,3)13-20(25)33/h6-11,24,30H,12-13H2,1-5H3,(H,31,32,34)/t24-/m1/s1. The minimum Gasteiger partial charge on any atom is -0.497 e. The predicted octanol–water partition coefficient (Wildman–Crippen LogP) is 6.32. The van der Waals surface area contributed by atoms with Gasteiger partial charge in [-0.3, -0.25) is 14.9 Å². The third-order valence-electron chi connectivity index (χ3n) is 6.80. The van der Waals surface area contributed by atoms with Crippen LogP contribution in [0.3, 0.4) is 0 Å². The molecular weight excluding hydrogens is 554 g/mol. The van der Waals surface area contributed by atoms with Crippen LogP contribution >= 0.6 is 27.3 Å². The van der Waals surface area contributed by atoms with E-state index in [4.69, 9.17) is 9.47 Å². The first-order valence-electron chi connectivity index (χ1n) is 11.9. The molecule has 192 valence electrons. The van der Waals surface area contributed by atoms with Gasteiger partial charge in [-0.2, -0.15) is 0 Å². The average Bonchev–Trinajstić information content (AvgIpc) is 3.22. The first-order valence-corrected chi connectivity index (χ1v) is 13.5. The zero-order chi connectivity index (χ0) is 26.5. The molecule has 1 aromatic heterocycles. The van der Waals surface area contributed by atoms with Crippen LogP contribution in [-0.4, -0.2) is 30.9 Å². The normalized spacial score (nSPS) is 19.0. The van der Waals surface area contributed by atoms with Gasteiger partial charge in [0.2, 0.25) is 0 Å². The summed E-state index contributed by atoms with van der Waals surface area (Å²) < 4.78 is 13.1. The highest BCUT2D eigenvalue weighted by molar-refractivity contribution is 9.10. The van der Waals surface area contributed by atoms with Gasteiger partial charge < -0.3 is 14.8 Å². The Bertz CT molecular complexity index is 1500. The first kappa shape index (κ1) is 25.5. The molecule has 1 aliphatic carbocycles. The molecule has 0 fully saturated rings. The van der Waals surface area contributed by atoms with E-state index >= 15 is 0 Å². The second-order valence-electron chi connectivity index (χ2n) is 10.1. The lowest BCUT2D eigenvalue weighted by Gasteiger charge is -2.39. The van der Waals surface area contributed by atoms with E-state index in [0.29, 0.717) is 51.9 Å². The number of nitrogens with zero attached hydrogens (tertiary/aromatic N) is 1. The lowest BCUT2D eigenvalue weighted by atomic mass is 9.68. The zero-order valence-corrected chi connectivity index (χ0v) is 23.7. The molecule has 2 aliphatic rings. The van der Waals surface area contributed by atoms with Gasteiger partial charge in [0.05, 0.1) is 30.4 Å². The van der Waals surface area contributed by atoms with Crippen molar-refractivity contribution < 1.29 is 19.1 Å². The summed E-state index contributed by atoms with van der Waals surface area (Å²) >= 11 is 4.88. The molecule has 2 heterocycles. The molecule has 0 spiro atoms. The van der Waals surface area contributed by atoms with E-state index in [1.165, 1.54) is 11.3 Å². The van der Waals surface area contributed by atoms with Crippen molar-refractivity contribution in [1.29, 1.82) is 0 Å². The summed E-state index contributed by atoms with van der Waals surface area (Å²) in [6.07, 6.45) is 1.10. The fourth-order valence-corrected chi connectivity index (χ4v) is 6.64. The second kappa shape index (κ2) is 9.61. The number of halogens is 1. The number of allylic oxidation sites excluding steroid dienone is 3. The molecule has 0 bridgehead atoms. The quantitative estimate of drug-likeness (QED) is 0.366. The van der Waals surface area contributed by atoms with E-state index in [2.05, 4.69) is 45.4 Å². The van der Waals surface area contributed by atoms with Crippen LogP contribution in [0.1, 0.15) is 45.1 Å². The maximum atomic E-state index is 13.9. The number of amides is 1. The maximum absolute atomic E-state index is 13.9. The van der Waals surface area contributed by atoms with E-state index < -0.39 is 5.92 Å². The number of hydrogen-bond donors (Lipinski definition) is 2. The fourth-order valence-electron chi connectivity index (χ4n) is 5.23. The van der Waals surface area contributed by atoms with Crippen molar-refractivity contribution >= 4 is 54.3 Å². The zero-order valence-electron chi connectivity index (χ0n) is 21.3. The van der Waals surface area contributed by atoms with Crippen LogP contribution in [0.5, 0.6) is 11.5 Å². The lowest BCUT2D eigenvalue weighted by Crippen LogP contribution is -2.39. The number of rotatable bonds is 5. The van der Waals surface area contributed by atoms with Crippen LogP contribution in [0.25, 0.3) is 10.2 Å². The smallest absolute Gasteiger partial charge is 0.256 e. The van der Waals surface area contributed by atoms with Gasteiger partial charge in [0.1, 0.15) is 11.5 Å². The predicted molar refractivity (Wildman–Crippen MR) is 149 cm³/mol. The number of fused-ring (bicyclic) bond motifs is 1. The molecular formula is C28H28BrN3O4S. The number of dihydropyridines is 1. The number of carbonyl (C=O) groups is 2. The Morgan fingerprint density at radius 1 is 1.16 bits per heavy atom. The molecule has 0 saturated carbocycles. The van der Waals surface area contributed by atoms with Crippen molar-refractivity contribution in [3.63, 3.8) is 0 Å². The monoisotopic (exact) mass is 581 g/mol. The van der Waals surface area contributed by atoms with Crippen molar-refractivity contribution in [2.45, 2.75) is 39.5 Å². The number of ketones is 1. The minimum absolute atomic E-state index is 0.0243. The molecule has 0 unspecified atom stereocenters. The Labute approximate surface area is 228 Å². The van der Waals surface area contributed by atoms with E-state index in [1.807, 2.05) is 37.3 Å². The summed E-state index contributed by atoms with van der Waals surface area (Å²) in [5.41, 5.74) is 3.95. The molecule has 7 nitrogen and oxygen atoms in total. The molecule has 1 amide bonds. The highest BCUT2D eigenvalue weighted by atomic mass is 79.9. The summed E-state index contributed by atoms with van der Waals surface area (Å²) in [6.45, 7) is 6.05. The van der Waals surface area contributed by atoms with E-state index in [0.717, 1.165) is 20.4 Å². The van der Waals surface area contributed by atoms with Crippen LogP contribution < -0.4 is 20.1 Å². The van der Waals surface area contributed by atoms with Crippen LogP contribution in [-0.2, 0) is 9.59 Å². The number of methoxy groups -OCH3 is 2. The minimum atomic E-state index is -0.617. The Hall–Kier alpha value is -3.17. The average molecular weight is 583 g/mol. The van der Waals surface area contributed by atoms with Crippen molar-refractivity contribution in [3.05, 3.63) is 69.0 Å². The van der Waals surface area contributed by atoms with Crippen molar-refractivity contribution in [1.82, 2.24) is 10.3 Å². The van der Waals surface area contributed by atoms with Gasteiger partial charge in [-0.1, -0.05) is 41.1 Å². The molecule has 9 heteroatoms. The summed E-state index contributed by atoms with van der Waals surface area (Å²) in [4.78, 5) is 32.1.